The van der Waals surface area contributed by atoms with E-state index < -0.39 is 0 Å². The first kappa shape index (κ1) is 13.7. The number of benzene rings is 1. The molecule has 1 fully saturated rings. The van der Waals surface area contributed by atoms with Crippen LogP contribution in [0.3, 0.4) is 0 Å². The highest BCUT2D eigenvalue weighted by Gasteiger charge is 2.18. The van der Waals surface area contributed by atoms with Gasteiger partial charge in [-0.15, -0.1) is 0 Å². The van der Waals surface area contributed by atoms with Crippen LogP contribution in [-0.2, 0) is 0 Å². The third-order valence-electron chi connectivity index (χ3n) is 3.57. The largest absolute Gasteiger partial charge is 0.0839 e. The van der Waals surface area contributed by atoms with Gasteiger partial charge in [0.2, 0.25) is 0 Å². The van der Waals surface area contributed by atoms with Gasteiger partial charge in [-0.3, -0.25) is 0 Å². The molecule has 0 radical (unpaired) electrons. The fourth-order valence-corrected chi connectivity index (χ4v) is 3.68. The van der Waals surface area contributed by atoms with Gasteiger partial charge in [0, 0.05) is 4.83 Å². The molecule has 3 heteroatoms. The fraction of sp³-hybridized carbons (Fsp3) is 0.571. The second kappa shape index (κ2) is 6.45. The zero-order chi connectivity index (χ0) is 12.3. The molecule has 1 unspecified atom stereocenters. The molecule has 1 saturated carbocycles. The van der Waals surface area contributed by atoms with Crippen LogP contribution in [0.2, 0.25) is 10.0 Å². The summed E-state index contributed by atoms with van der Waals surface area (Å²) < 4.78 is 0. The van der Waals surface area contributed by atoms with Crippen LogP contribution in [0.5, 0.6) is 0 Å². The van der Waals surface area contributed by atoms with Gasteiger partial charge in [0.05, 0.1) is 10.0 Å². The molecule has 1 aromatic carbocycles. The highest BCUT2D eigenvalue weighted by Crippen LogP contribution is 2.37. The Kier molecular flexibility index (Phi) is 5.20. The maximum atomic E-state index is 6.05. The number of alkyl halides is 1. The van der Waals surface area contributed by atoms with E-state index in [0.29, 0.717) is 14.9 Å². The zero-order valence-electron chi connectivity index (χ0n) is 9.76. The zero-order valence-corrected chi connectivity index (χ0v) is 12.9. The molecular weight excluding hydrogens is 319 g/mol. The molecule has 1 aromatic rings. The quantitative estimate of drug-likeness (QED) is 0.560. The van der Waals surface area contributed by atoms with E-state index >= 15 is 0 Å². The summed E-state index contributed by atoms with van der Waals surface area (Å²) in [6.45, 7) is 0. The van der Waals surface area contributed by atoms with Crippen LogP contribution in [0, 0.1) is 5.92 Å². The Morgan fingerprint density at radius 1 is 1.12 bits per heavy atom. The first-order valence-electron chi connectivity index (χ1n) is 6.26. The van der Waals surface area contributed by atoms with Crippen LogP contribution in [0.4, 0.5) is 0 Å². The van der Waals surface area contributed by atoms with Gasteiger partial charge in [-0.25, -0.2) is 0 Å². The number of halogens is 3. The molecule has 0 heterocycles. The molecule has 0 bridgehead atoms. The van der Waals surface area contributed by atoms with E-state index in [1.807, 2.05) is 12.1 Å². The third kappa shape index (κ3) is 3.87. The fourth-order valence-electron chi connectivity index (χ4n) is 2.56. The smallest absolute Gasteiger partial charge is 0.0595 e. The molecule has 1 atom stereocenters. The van der Waals surface area contributed by atoms with Crippen LogP contribution in [0.25, 0.3) is 0 Å². The van der Waals surface area contributed by atoms with Crippen molar-refractivity contribution in [3.05, 3.63) is 33.8 Å². The van der Waals surface area contributed by atoms with E-state index in [2.05, 4.69) is 22.0 Å². The van der Waals surface area contributed by atoms with Crippen molar-refractivity contribution >= 4 is 39.1 Å². The van der Waals surface area contributed by atoms with Crippen LogP contribution in [-0.4, -0.2) is 0 Å². The maximum absolute atomic E-state index is 6.05. The molecule has 17 heavy (non-hydrogen) atoms. The Hall–Kier alpha value is 0.280. The monoisotopic (exact) mass is 334 g/mol. The molecule has 0 amide bonds. The highest BCUT2D eigenvalue weighted by atomic mass is 79.9. The SMILES string of the molecule is Clc1ccc(C(Br)CC2CCCCC2)cc1Cl. The Labute approximate surface area is 122 Å². The Bertz CT molecular complexity index is 372. The van der Waals surface area contributed by atoms with Crippen LogP contribution >= 0.6 is 39.1 Å². The van der Waals surface area contributed by atoms with Crippen LogP contribution < -0.4 is 0 Å². The molecule has 0 N–H and O–H groups in total. The van der Waals surface area contributed by atoms with E-state index in [-0.39, 0.29) is 0 Å². The van der Waals surface area contributed by atoms with Crippen molar-refractivity contribution in [1.29, 1.82) is 0 Å². The van der Waals surface area contributed by atoms with Crippen molar-refractivity contribution in [2.75, 3.05) is 0 Å². The first-order chi connectivity index (χ1) is 8.16. The van der Waals surface area contributed by atoms with Gasteiger partial charge in [-0.1, -0.05) is 77.3 Å². The second-order valence-corrected chi connectivity index (χ2v) is 6.80. The average Bonchev–Trinajstić information content (AvgIpc) is 2.34. The van der Waals surface area contributed by atoms with E-state index in [1.54, 1.807) is 0 Å². The van der Waals surface area contributed by atoms with E-state index in [1.165, 1.54) is 44.1 Å². The summed E-state index contributed by atoms with van der Waals surface area (Å²) in [6.07, 6.45) is 8.17. The average molecular weight is 336 g/mol. The molecule has 0 spiro atoms. The van der Waals surface area contributed by atoms with Crippen molar-refractivity contribution in [3.63, 3.8) is 0 Å². The molecule has 0 aliphatic heterocycles. The predicted octanol–water partition coefficient (Wildman–Crippen LogP) is 6.40. The van der Waals surface area contributed by atoms with Gasteiger partial charge < -0.3 is 0 Å². The van der Waals surface area contributed by atoms with Crippen molar-refractivity contribution in [1.82, 2.24) is 0 Å². The third-order valence-corrected chi connectivity index (χ3v) is 5.21. The summed E-state index contributed by atoms with van der Waals surface area (Å²) in [5.74, 6) is 0.863. The lowest BCUT2D eigenvalue weighted by Crippen LogP contribution is -2.08. The number of hydrogen-bond acceptors (Lipinski definition) is 0. The summed E-state index contributed by atoms with van der Waals surface area (Å²) in [7, 11) is 0. The highest BCUT2D eigenvalue weighted by molar-refractivity contribution is 9.09. The van der Waals surface area contributed by atoms with Crippen molar-refractivity contribution < 1.29 is 0 Å². The normalized spacial score (nSPS) is 19.2. The standard InChI is InChI=1S/C14H17BrCl2/c15-12(8-10-4-2-1-3-5-10)11-6-7-13(16)14(17)9-11/h6-7,9-10,12H,1-5,8H2. The van der Waals surface area contributed by atoms with E-state index in [0.717, 1.165) is 5.92 Å². The predicted molar refractivity (Wildman–Crippen MR) is 79.3 cm³/mol. The molecule has 94 valence electrons. The van der Waals surface area contributed by atoms with Crippen molar-refractivity contribution in [3.8, 4) is 0 Å². The molecule has 0 nitrogen and oxygen atoms in total. The van der Waals surface area contributed by atoms with Gasteiger partial charge in [-0.2, -0.15) is 0 Å². The lowest BCUT2D eigenvalue weighted by Gasteiger charge is -2.24. The minimum absolute atomic E-state index is 0.403. The number of hydrogen-bond donors (Lipinski definition) is 0. The van der Waals surface area contributed by atoms with E-state index in [4.69, 9.17) is 23.2 Å². The molecule has 1 aliphatic carbocycles. The van der Waals surface area contributed by atoms with Gasteiger partial charge >= 0.3 is 0 Å². The molecule has 1 aliphatic rings. The lowest BCUT2D eigenvalue weighted by molar-refractivity contribution is 0.338. The Morgan fingerprint density at radius 3 is 2.47 bits per heavy atom. The van der Waals surface area contributed by atoms with Crippen LogP contribution in [0.1, 0.15) is 48.9 Å². The van der Waals surface area contributed by atoms with Gasteiger partial charge in [-0.05, 0) is 30.0 Å². The van der Waals surface area contributed by atoms with Gasteiger partial charge in [0.15, 0.2) is 0 Å². The Balaban J connectivity index is 1.98. The summed E-state index contributed by atoms with van der Waals surface area (Å²) >= 11 is 15.8. The van der Waals surface area contributed by atoms with Gasteiger partial charge in [0.25, 0.3) is 0 Å². The summed E-state index contributed by atoms with van der Waals surface area (Å²) in [5.41, 5.74) is 1.24. The second-order valence-electron chi connectivity index (χ2n) is 4.88. The van der Waals surface area contributed by atoms with E-state index in [9.17, 15) is 0 Å². The summed E-state index contributed by atoms with van der Waals surface area (Å²) in [4.78, 5) is 0.403. The minimum Gasteiger partial charge on any atom is -0.0839 e. The molecular formula is C14H17BrCl2. The molecule has 0 saturated heterocycles. The Morgan fingerprint density at radius 2 is 1.82 bits per heavy atom. The molecule has 2 rings (SSSR count). The van der Waals surface area contributed by atoms with Gasteiger partial charge in [0.1, 0.15) is 0 Å². The maximum Gasteiger partial charge on any atom is 0.0595 e. The first-order valence-corrected chi connectivity index (χ1v) is 7.93. The minimum atomic E-state index is 0.403. The lowest BCUT2D eigenvalue weighted by atomic mass is 9.85. The van der Waals surface area contributed by atoms with Crippen molar-refractivity contribution in [2.45, 2.75) is 43.4 Å². The number of rotatable bonds is 3. The molecule has 0 aromatic heterocycles. The topological polar surface area (TPSA) is 0 Å². The summed E-state index contributed by atoms with van der Waals surface area (Å²) in [5, 5.41) is 1.28. The summed E-state index contributed by atoms with van der Waals surface area (Å²) in [6, 6.07) is 5.93. The van der Waals surface area contributed by atoms with Crippen LogP contribution in [0.15, 0.2) is 18.2 Å². The van der Waals surface area contributed by atoms with Crippen molar-refractivity contribution in [2.24, 2.45) is 5.92 Å².